The fourth-order valence-corrected chi connectivity index (χ4v) is 2.57. The van der Waals surface area contributed by atoms with E-state index in [9.17, 15) is 9.18 Å². The van der Waals surface area contributed by atoms with E-state index in [2.05, 4.69) is 4.90 Å². The van der Waals surface area contributed by atoms with E-state index in [1.807, 2.05) is 4.90 Å². The Hall–Kier alpha value is -1.17. The maximum atomic E-state index is 13.8. The van der Waals surface area contributed by atoms with Gasteiger partial charge in [0.1, 0.15) is 11.9 Å². The number of carboxylic acid groups (broad SMARTS) is 1. The van der Waals surface area contributed by atoms with Crippen LogP contribution >= 0.6 is 11.6 Å². The highest BCUT2D eigenvalue weighted by atomic mass is 35.5. The van der Waals surface area contributed by atoms with E-state index >= 15 is 0 Å². The molecule has 1 aliphatic rings. The maximum Gasteiger partial charge on any atom is 0.320 e. The van der Waals surface area contributed by atoms with Gasteiger partial charge >= 0.3 is 5.97 Å². The van der Waals surface area contributed by atoms with Gasteiger partial charge in [-0.2, -0.15) is 0 Å². The lowest BCUT2D eigenvalue weighted by Crippen LogP contribution is -2.51. The number of carboxylic acids is 1. The van der Waals surface area contributed by atoms with Crippen molar-refractivity contribution < 1.29 is 14.3 Å². The number of benzene rings is 1. The van der Waals surface area contributed by atoms with Crippen LogP contribution in [0.4, 0.5) is 4.39 Å². The predicted molar refractivity (Wildman–Crippen MR) is 75.4 cm³/mol. The first-order valence-corrected chi connectivity index (χ1v) is 6.99. The molecule has 1 unspecified atom stereocenters. The van der Waals surface area contributed by atoms with E-state index < -0.39 is 12.0 Å². The van der Waals surface area contributed by atoms with Crippen molar-refractivity contribution in [1.29, 1.82) is 0 Å². The van der Waals surface area contributed by atoms with Gasteiger partial charge in [0.2, 0.25) is 0 Å². The lowest BCUT2D eigenvalue weighted by atomic mass is 10.1. The van der Waals surface area contributed by atoms with E-state index in [-0.39, 0.29) is 10.8 Å². The summed E-state index contributed by atoms with van der Waals surface area (Å²) in [5, 5.41) is 9.12. The molecular weight excluding hydrogens is 283 g/mol. The Morgan fingerprint density at radius 3 is 2.65 bits per heavy atom. The molecule has 0 bridgehead atoms. The van der Waals surface area contributed by atoms with E-state index in [1.165, 1.54) is 6.07 Å². The van der Waals surface area contributed by atoms with Crippen LogP contribution in [0.25, 0.3) is 0 Å². The Labute approximate surface area is 122 Å². The number of hydrogen-bond donors (Lipinski definition) is 1. The Morgan fingerprint density at radius 1 is 1.40 bits per heavy atom. The Balaban J connectivity index is 1.92. The van der Waals surface area contributed by atoms with Crippen LogP contribution in [-0.2, 0) is 11.3 Å². The molecule has 20 heavy (non-hydrogen) atoms. The summed E-state index contributed by atoms with van der Waals surface area (Å²) >= 11 is 5.76. The van der Waals surface area contributed by atoms with Crippen LogP contribution in [0.15, 0.2) is 18.2 Å². The van der Waals surface area contributed by atoms with Crippen LogP contribution in [0.1, 0.15) is 12.5 Å². The normalized spacial score (nSPS) is 18.9. The maximum absolute atomic E-state index is 13.8. The summed E-state index contributed by atoms with van der Waals surface area (Å²) in [5.41, 5.74) is 0.581. The van der Waals surface area contributed by atoms with Gasteiger partial charge in [-0.25, -0.2) is 4.39 Å². The summed E-state index contributed by atoms with van der Waals surface area (Å²) in [5.74, 6) is -1.17. The standard InChI is InChI=1S/C14H18ClFN2O2/c1-10(14(19)20)18-7-5-17(6-8-18)9-11-3-2-4-12(15)13(11)16/h2-4,10H,5-9H2,1H3,(H,19,20). The molecule has 1 heterocycles. The van der Waals surface area contributed by atoms with Crippen molar-refractivity contribution >= 4 is 17.6 Å². The highest BCUT2D eigenvalue weighted by molar-refractivity contribution is 6.30. The smallest absolute Gasteiger partial charge is 0.320 e. The number of rotatable bonds is 4. The highest BCUT2D eigenvalue weighted by Crippen LogP contribution is 2.20. The molecule has 0 spiro atoms. The second-order valence-electron chi connectivity index (χ2n) is 5.04. The number of hydrogen-bond acceptors (Lipinski definition) is 3. The molecule has 0 aliphatic carbocycles. The molecular formula is C14H18ClFN2O2. The molecule has 2 rings (SSSR count). The molecule has 110 valence electrons. The predicted octanol–water partition coefficient (Wildman–Crippen LogP) is 2.07. The van der Waals surface area contributed by atoms with Gasteiger partial charge in [0.05, 0.1) is 5.02 Å². The topological polar surface area (TPSA) is 43.8 Å². The summed E-state index contributed by atoms with van der Waals surface area (Å²) in [6.07, 6.45) is 0. The highest BCUT2D eigenvalue weighted by Gasteiger charge is 2.25. The van der Waals surface area contributed by atoms with Crippen molar-refractivity contribution in [3.05, 3.63) is 34.6 Å². The summed E-state index contributed by atoms with van der Waals surface area (Å²) in [7, 11) is 0. The molecule has 4 nitrogen and oxygen atoms in total. The molecule has 1 aromatic rings. The van der Waals surface area contributed by atoms with E-state index in [1.54, 1.807) is 19.1 Å². The van der Waals surface area contributed by atoms with Gasteiger partial charge in [-0.05, 0) is 13.0 Å². The third-order valence-corrected chi connectivity index (χ3v) is 4.03. The van der Waals surface area contributed by atoms with Gasteiger partial charge in [0.15, 0.2) is 0 Å². The molecule has 0 radical (unpaired) electrons. The minimum atomic E-state index is -0.806. The van der Waals surface area contributed by atoms with Crippen molar-refractivity contribution in [2.75, 3.05) is 26.2 Å². The first kappa shape index (κ1) is 15.2. The van der Waals surface area contributed by atoms with Gasteiger partial charge in [-0.1, -0.05) is 23.7 Å². The van der Waals surface area contributed by atoms with Gasteiger partial charge in [0, 0.05) is 38.3 Å². The lowest BCUT2D eigenvalue weighted by Gasteiger charge is -2.36. The lowest BCUT2D eigenvalue weighted by molar-refractivity contribution is -0.143. The summed E-state index contributed by atoms with van der Waals surface area (Å²) in [4.78, 5) is 15.0. The number of carbonyl (C=O) groups is 1. The van der Waals surface area contributed by atoms with E-state index in [4.69, 9.17) is 16.7 Å². The van der Waals surface area contributed by atoms with E-state index in [0.29, 0.717) is 25.2 Å². The first-order valence-electron chi connectivity index (χ1n) is 6.61. The minimum Gasteiger partial charge on any atom is -0.480 e. The monoisotopic (exact) mass is 300 g/mol. The largest absolute Gasteiger partial charge is 0.480 e. The Bertz CT molecular complexity index is 490. The number of aliphatic carboxylic acids is 1. The number of piperazine rings is 1. The van der Waals surface area contributed by atoms with E-state index in [0.717, 1.165) is 13.1 Å². The second kappa shape index (κ2) is 6.52. The summed E-state index contributed by atoms with van der Waals surface area (Å²) < 4.78 is 13.8. The van der Waals surface area contributed by atoms with Crippen LogP contribution < -0.4 is 0 Å². The van der Waals surface area contributed by atoms with Crippen molar-refractivity contribution in [3.8, 4) is 0 Å². The van der Waals surface area contributed by atoms with Gasteiger partial charge in [-0.15, -0.1) is 0 Å². The molecule has 0 amide bonds. The number of nitrogens with zero attached hydrogens (tertiary/aromatic N) is 2. The quantitative estimate of drug-likeness (QED) is 0.924. The Morgan fingerprint density at radius 2 is 2.05 bits per heavy atom. The van der Waals surface area contributed by atoms with Crippen molar-refractivity contribution in [1.82, 2.24) is 9.80 Å². The molecule has 1 N–H and O–H groups in total. The average Bonchev–Trinajstić information content (AvgIpc) is 2.44. The van der Waals surface area contributed by atoms with Gasteiger partial charge < -0.3 is 5.11 Å². The molecule has 1 aromatic carbocycles. The first-order chi connectivity index (χ1) is 9.49. The SMILES string of the molecule is CC(C(=O)O)N1CCN(Cc2cccc(Cl)c2F)CC1. The minimum absolute atomic E-state index is 0.139. The second-order valence-corrected chi connectivity index (χ2v) is 5.45. The zero-order valence-corrected chi connectivity index (χ0v) is 12.1. The summed E-state index contributed by atoms with van der Waals surface area (Å²) in [6.45, 7) is 4.99. The summed E-state index contributed by atoms with van der Waals surface area (Å²) in [6, 6.07) is 4.53. The molecule has 6 heteroatoms. The zero-order chi connectivity index (χ0) is 14.7. The molecule has 1 atom stereocenters. The molecule has 0 saturated carbocycles. The third-order valence-electron chi connectivity index (χ3n) is 3.74. The van der Waals surface area contributed by atoms with Crippen LogP contribution in [0.2, 0.25) is 5.02 Å². The molecule has 1 aliphatic heterocycles. The van der Waals surface area contributed by atoms with Crippen molar-refractivity contribution in [3.63, 3.8) is 0 Å². The fraction of sp³-hybridized carbons (Fsp3) is 0.500. The molecule has 1 saturated heterocycles. The van der Waals surface area contributed by atoms with Gasteiger partial charge in [0.25, 0.3) is 0 Å². The number of halogens is 2. The van der Waals surface area contributed by atoms with Crippen LogP contribution in [0, 0.1) is 5.82 Å². The average molecular weight is 301 g/mol. The zero-order valence-electron chi connectivity index (χ0n) is 11.4. The van der Waals surface area contributed by atoms with Crippen LogP contribution in [0.5, 0.6) is 0 Å². The van der Waals surface area contributed by atoms with Crippen LogP contribution in [-0.4, -0.2) is 53.1 Å². The fourth-order valence-electron chi connectivity index (χ4n) is 2.38. The Kier molecular flexibility index (Phi) is 4.96. The van der Waals surface area contributed by atoms with Crippen LogP contribution in [0.3, 0.4) is 0 Å². The third kappa shape index (κ3) is 3.48. The van der Waals surface area contributed by atoms with Crippen molar-refractivity contribution in [2.24, 2.45) is 0 Å². The molecule has 1 fully saturated rings. The van der Waals surface area contributed by atoms with Gasteiger partial charge in [-0.3, -0.25) is 14.6 Å². The molecule has 0 aromatic heterocycles. The van der Waals surface area contributed by atoms with Crippen molar-refractivity contribution in [2.45, 2.75) is 19.5 Å².